The smallest absolute Gasteiger partial charge is 0.334 e. The molecule has 1 heterocycles. The standard InChI is InChI=1S/C28H24ClNO4/c1-17-23(27(31)32)25(21-14-9-15-22(29)16-21)24(28(33)34)18(2)30(17)26(19-10-5-3-6-11-19)20-12-7-4-8-13-20/h3-16,25-26H,1-2H3,(H,31,32)(H,33,34). The van der Waals surface area contributed by atoms with Crippen LogP contribution in [0.2, 0.25) is 5.02 Å². The summed E-state index contributed by atoms with van der Waals surface area (Å²) in [4.78, 5) is 27.1. The average molecular weight is 474 g/mol. The number of carboxylic acid groups (broad SMARTS) is 2. The van der Waals surface area contributed by atoms with Crippen LogP contribution in [0.5, 0.6) is 0 Å². The van der Waals surface area contributed by atoms with Gasteiger partial charge in [0.25, 0.3) is 0 Å². The Morgan fingerprint density at radius 1 is 0.765 bits per heavy atom. The molecule has 172 valence electrons. The first kappa shape index (κ1) is 23.3. The Morgan fingerprint density at radius 3 is 1.65 bits per heavy atom. The summed E-state index contributed by atoms with van der Waals surface area (Å²) >= 11 is 6.19. The molecule has 3 aromatic rings. The second-order valence-corrected chi connectivity index (χ2v) is 8.63. The first-order valence-corrected chi connectivity index (χ1v) is 11.2. The minimum atomic E-state index is -1.17. The van der Waals surface area contributed by atoms with E-state index in [2.05, 4.69) is 0 Å². The molecule has 0 radical (unpaired) electrons. The van der Waals surface area contributed by atoms with E-state index in [4.69, 9.17) is 11.6 Å². The van der Waals surface area contributed by atoms with Crippen molar-refractivity contribution in [1.29, 1.82) is 0 Å². The summed E-state index contributed by atoms with van der Waals surface area (Å²) in [5, 5.41) is 21.0. The fourth-order valence-electron chi connectivity index (χ4n) is 4.80. The Kier molecular flexibility index (Phi) is 6.57. The van der Waals surface area contributed by atoms with E-state index in [-0.39, 0.29) is 11.1 Å². The van der Waals surface area contributed by atoms with Gasteiger partial charge in [0.15, 0.2) is 0 Å². The van der Waals surface area contributed by atoms with E-state index in [1.807, 2.05) is 65.6 Å². The van der Waals surface area contributed by atoms with Gasteiger partial charge in [-0.15, -0.1) is 0 Å². The van der Waals surface area contributed by atoms with Crippen LogP contribution in [-0.4, -0.2) is 27.1 Å². The van der Waals surface area contributed by atoms with E-state index in [0.717, 1.165) is 11.1 Å². The molecule has 0 atom stereocenters. The molecule has 2 N–H and O–H groups in total. The Hall–Kier alpha value is -3.83. The first-order chi connectivity index (χ1) is 16.3. The van der Waals surface area contributed by atoms with E-state index < -0.39 is 23.9 Å². The number of aliphatic carboxylic acids is 2. The number of allylic oxidation sites excluding steroid dienone is 2. The summed E-state index contributed by atoms with van der Waals surface area (Å²) in [6, 6.07) is 25.6. The van der Waals surface area contributed by atoms with Crippen LogP contribution >= 0.6 is 11.6 Å². The van der Waals surface area contributed by atoms with Crippen molar-refractivity contribution in [3.8, 4) is 0 Å². The van der Waals surface area contributed by atoms with Crippen LogP contribution in [0.1, 0.15) is 42.5 Å². The van der Waals surface area contributed by atoms with Crippen molar-refractivity contribution in [3.63, 3.8) is 0 Å². The fourth-order valence-corrected chi connectivity index (χ4v) is 5.00. The number of rotatable bonds is 6. The number of benzene rings is 3. The molecule has 4 rings (SSSR count). The molecule has 0 spiro atoms. The SMILES string of the molecule is CC1=C(C(=O)O)C(c2cccc(Cl)c2)C(C(=O)O)=C(C)N1C(c1ccccc1)c1ccccc1. The van der Waals surface area contributed by atoms with E-state index in [1.54, 1.807) is 38.1 Å². The second-order valence-electron chi connectivity index (χ2n) is 8.19. The maximum Gasteiger partial charge on any atom is 0.334 e. The molecule has 0 aliphatic carbocycles. The first-order valence-electron chi connectivity index (χ1n) is 10.8. The van der Waals surface area contributed by atoms with Crippen LogP contribution in [0.25, 0.3) is 0 Å². The normalized spacial score (nSPS) is 14.6. The fraction of sp³-hybridized carbons (Fsp3) is 0.143. The highest BCUT2D eigenvalue weighted by Gasteiger charge is 2.41. The van der Waals surface area contributed by atoms with Gasteiger partial charge in [0.2, 0.25) is 0 Å². The predicted octanol–water partition coefficient (Wildman–Crippen LogP) is 6.25. The van der Waals surface area contributed by atoms with E-state index >= 15 is 0 Å². The predicted molar refractivity (Wildman–Crippen MR) is 131 cm³/mol. The number of carbonyl (C=O) groups is 2. The number of carboxylic acids is 2. The molecule has 34 heavy (non-hydrogen) atoms. The van der Waals surface area contributed by atoms with Crippen LogP contribution in [0.4, 0.5) is 0 Å². The molecule has 0 unspecified atom stereocenters. The lowest BCUT2D eigenvalue weighted by molar-refractivity contribution is -0.133. The van der Waals surface area contributed by atoms with E-state index in [1.165, 1.54) is 0 Å². The van der Waals surface area contributed by atoms with Crippen molar-refractivity contribution < 1.29 is 19.8 Å². The quantitative estimate of drug-likeness (QED) is 0.442. The minimum absolute atomic E-state index is 0.0159. The molecule has 5 nitrogen and oxygen atoms in total. The molecule has 0 amide bonds. The van der Waals surface area contributed by atoms with Crippen LogP contribution in [0, 0.1) is 0 Å². The molecule has 1 aliphatic heterocycles. The van der Waals surface area contributed by atoms with Gasteiger partial charge in [0, 0.05) is 16.4 Å². The maximum absolute atomic E-state index is 12.6. The monoisotopic (exact) mass is 473 g/mol. The summed E-state index contributed by atoms with van der Waals surface area (Å²) in [5.74, 6) is -3.30. The van der Waals surface area contributed by atoms with Crippen molar-refractivity contribution >= 4 is 23.5 Å². The van der Waals surface area contributed by atoms with Crippen LogP contribution < -0.4 is 0 Å². The van der Waals surface area contributed by atoms with Gasteiger partial charge in [0.05, 0.1) is 23.1 Å². The molecule has 0 saturated carbocycles. The van der Waals surface area contributed by atoms with E-state index in [0.29, 0.717) is 22.0 Å². The highest BCUT2D eigenvalue weighted by Crippen LogP contribution is 2.46. The summed E-state index contributed by atoms with van der Waals surface area (Å²) in [6.45, 7) is 3.48. The van der Waals surface area contributed by atoms with Crippen LogP contribution in [0.3, 0.4) is 0 Å². The molecule has 3 aromatic carbocycles. The van der Waals surface area contributed by atoms with Gasteiger partial charge in [-0.2, -0.15) is 0 Å². The summed E-state index contributed by atoms with van der Waals surface area (Å²) in [6.07, 6.45) is 0. The van der Waals surface area contributed by atoms with Gasteiger partial charge in [-0.3, -0.25) is 0 Å². The summed E-state index contributed by atoms with van der Waals surface area (Å²) in [5.41, 5.74) is 3.36. The van der Waals surface area contributed by atoms with Gasteiger partial charge >= 0.3 is 11.9 Å². The molecular weight excluding hydrogens is 450 g/mol. The minimum Gasteiger partial charge on any atom is -0.478 e. The lowest BCUT2D eigenvalue weighted by Crippen LogP contribution is -2.37. The zero-order valence-corrected chi connectivity index (χ0v) is 19.5. The van der Waals surface area contributed by atoms with Crippen molar-refractivity contribution in [2.24, 2.45) is 0 Å². The molecular formula is C28H24ClNO4. The van der Waals surface area contributed by atoms with Crippen molar-refractivity contribution in [1.82, 2.24) is 4.90 Å². The molecule has 0 fully saturated rings. The average Bonchev–Trinajstić information content (AvgIpc) is 2.82. The Morgan fingerprint density at radius 2 is 1.24 bits per heavy atom. The number of hydrogen-bond acceptors (Lipinski definition) is 3. The largest absolute Gasteiger partial charge is 0.478 e. The van der Waals surface area contributed by atoms with Gasteiger partial charge in [0.1, 0.15) is 0 Å². The third-order valence-corrected chi connectivity index (χ3v) is 6.45. The molecule has 0 saturated heterocycles. The van der Waals surface area contributed by atoms with Gasteiger partial charge in [-0.25, -0.2) is 9.59 Å². The molecule has 1 aliphatic rings. The maximum atomic E-state index is 12.6. The topological polar surface area (TPSA) is 77.8 Å². The summed E-state index contributed by atoms with van der Waals surface area (Å²) in [7, 11) is 0. The molecule has 0 aromatic heterocycles. The van der Waals surface area contributed by atoms with Gasteiger partial charge < -0.3 is 15.1 Å². The highest BCUT2D eigenvalue weighted by atomic mass is 35.5. The summed E-state index contributed by atoms with van der Waals surface area (Å²) < 4.78 is 0. The number of halogens is 1. The zero-order valence-electron chi connectivity index (χ0n) is 18.8. The third kappa shape index (κ3) is 4.22. The van der Waals surface area contributed by atoms with Crippen molar-refractivity contribution in [3.05, 3.63) is 129 Å². The Bertz CT molecular complexity index is 1220. The Labute approximate surface area is 203 Å². The van der Waals surface area contributed by atoms with Crippen molar-refractivity contribution in [2.45, 2.75) is 25.8 Å². The Balaban J connectivity index is 2.02. The van der Waals surface area contributed by atoms with Crippen molar-refractivity contribution in [2.75, 3.05) is 0 Å². The molecule has 0 bridgehead atoms. The van der Waals surface area contributed by atoms with Gasteiger partial charge in [-0.05, 0) is 42.7 Å². The second kappa shape index (κ2) is 9.57. The lowest BCUT2D eigenvalue weighted by Gasteiger charge is -2.42. The molecule has 6 heteroatoms. The third-order valence-electron chi connectivity index (χ3n) is 6.21. The van der Waals surface area contributed by atoms with Crippen LogP contribution in [0.15, 0.2) is 107 Å². The number of hydrogen-bond donors (Lipinski definition) is 2. The number of nitrogens with zero attached hydrogens (tertiary/aromatic N) is 1. The van der Waals surface area contributed by atoms with E-state index in [9.17, 15) is 19.8 Å². The lowest BCUT2D eigenvalue weighted by atomic mass is 9.78. The zero-order chi connectivity index (χ0) is 24.4. The van der Waals surface area contributed by atoms with Crippen LogP contribution in [-0.2, 0) is 9.59 Å². The van der Waals surface area contributed by atoms with Gasteiger partial charge in [-0.1, -0.05) is 84.4 Å². The highest BCUT2D eigenvalue weighted by molar-refractivity contribution is 6.30.